The van der Waals surface area contributed by atoms with Crippen LogP contribution >= 0.6 is 0 Å². The molecule has 1 heterocycles. The van der Waals surface area contributed by atoms with E-state index in [1.165, 1.54) is 0 Å². The molecule has 1 aliphatic rings. The topological polar surface area (TPSA) is 49.4 Å². The Morgan fingerprint density at radius 1 is 0.742 bits per heavy atom. The number of rotatable bonds is 6. The number of carbonyl (C=O) groups is 2. The lowest BCUT2D eigenvalue weighted by molar-refractivity contribution is -0.133. The van der Waals surface area contributed by atoms with Crippen LogP contribution in [0.1, 0.15) is 34.3 Å². The van der Waals surface area contributed by atoms with Gasteiger partial charge in [0.1, 0.15) is 0 Å². The average Bonchev–Trinajstić information content (AvgIpc) is 2.84. The summed E-state index contributed by atoms with van der Waals surface area (Å²) in [5.74, 6) is 0.116. The van der Waals surface area contributed by atoms with E-state index in [9.17, 15) is 9.59 Å². The van der Waals surface area contributed by atoms with Gasteiger partial charge in [-0.3, -0.25) is 9.59 Å². The van der Waals surface area contributed by atoms with E-state index in [4.69, 9.17) is 0 Å². The highest BCUT2D eigenvalue weighted by Gasteiger charge is 2.42. The number of likely N-dealkylation sites (tertiary alicyclic amines) is 1. The van der Waals surface area contributed by atoms with Gasteiger partial charge in [-0.25, -0.2) is 0 Å². The number of amides is 2. The van der Waals surface area contributed by atoms with Crippen molar-refractivity contribution in [3.8, 4) is 0 Å². The predicted octanol–water partition coefficient (Wildman–Crippen LogP) is 4.47. The molecule has 4 rings (SSSR count). The molecular weight excluding hydrogens is 384 g/mol. The molecule has 2 amide bonds. The third kappa shape index (κ3) is 5.02. The van der Waals surface area contributed by atoms with Crippen LogP contribution in [0.15, 0.2) is 91.0 Å². The fourth-order valence-corrected chi connectivity index (χ4v) is 4.34. The van der Waals surface area contributed by atoms with Gasteiger partial charge in [-0.2, -0.15) is 0 Å². The molecule has 1 N–H and O–H groups in total. The Kier molecular flexibility index (Phi) is 6.46. The summed E-state index contributed by atoms with van der Waals surface area (Å²) in [4.78, 5) is 28.2. The molecule has 0 aliphatic carbocycles. The first kappa shape index (κ1) is 20.9. The van der Waals surface area contributed by atoms with Crippen molar-refractivity contribution in [3.63, 3.8) is 0 Å². The second-order valence-electron chi connectivity index (χ2n) is 8.27. The van der Waals surface area contributed by atoms with E-state index in [0.717, 1.165) is 11.1 Å². The summed E-state index contributed by atoms with van der Waals surface area (Å²) in [5.41, 5.74) is 2.43. The third-order valence-electron chi connectivity index (χ3n) is 6.19. The van der Waals surface area contributed by atoms with Gasteiger partial charge >= 0.3 is 0 Å². The molecular formula is C27H28N2O2. The summed E-state index contributed by atoms with van der Waals surface area (Å²) >= 11 is 0. The zero-order valence-corrected chi connectivity index (χ0v) is 17.7. The largest absolute Gasteiger partial charge is 0.352 e. The van der Waals surface area contributed by atoms with Crippen LogP contribution in [0.2, 0.25) is 0 Å². The lowest BCUT2D eigenvalue weighted by atomic mass is 9.72. The molecule has 1 fully saturated rings. The van der Waals surface area contributed by atoms with Crippen molar-refractivity contribution in [1.29, 1.82) is 0 Å². The predicted molar refractivity (Wildman–Crippen MR) is 122 cm³/mol. The number of nitrogens with zero attached hydrogens (tertiary/aromatic N) is 1. The van der Waals surface area contributed by atoms with Gasteiger partial charge in [0.15, 0.2) is 0 Å². The highest BCUT2D eigenvalue weighted by atomic mass is 16.2. The van der Waals surface area contributed by atoms with E-state index < -0.39 is 5.41 Å². The third-order valence-corrected chi connectivity index (χ3v) is 6.19. The molecule has 0 unspecified atom stereocenters. The molecule has 1 saturated heterocycles. The Labute approximate surface area is 183 Å². The Hall–Kier alpha value is -3.40. The summed E-state index contributed by atoms with van der Waals surface area (Å²) < 4.78 is 0. The Morgan fingerprint density at radius 2 is 1.26 bits per heavy atom. The number of benzene rings is 3. The minimum absolute atomic E-state index is 0.0404. The van der Waals surface area contributed by atoms with Crippen LogP contribution in [0.4, 0.5) is 0 Å². The fourth-order valence-electron chi connectivity index (χ4n) is 4.34. The van der Waals surface area contributed by atoms with Crippen molar-refractivity contribution in [1.82, 2.24) is 10.2 Å². The van der Waals surface area contributed by atoms with Gasteiger partial charge in [0, 0.05) is 25.2 Å². The molecule has 4 heteroatoms. The van der Waals surface area contributed by atoms with Crippen LogP contribution in [-0.2, 0) is 17.8 Å². The lowest BCUT2D eigenvalue weighted by Crippen LogP contribution is -2.51. The SMILES string of the molecule is O=C(c1ccccc1)N1CCC(Cc2ccccc2)(C(=O)NCc2ccccc2)CC1. The molecule has 0 atom stereocenters. The molecule has 3 aromatic carbocycles. The van der Waals surface area contributed by atoms with Crippen LogP contribution in [0.3, 0.4) is 0 Å². The van der Waals surface area contributed by atoms with Gasteiger partial charge < -0.3 is 10.2 Å². The van der Waals surface area contributed by atoms with Crippen molar-refractivity contribution in [2.24, 2.45) is 5.41 Å². The Morgan fingerprint density at radius 3 is 1.84 bits per heavy atom. The van der Waals surface area contributed by atoms with Crippen LogP contribution in [0.5, 0.6) is 0 Å². The zero-order valence-electron chi connectivity index (χ0n) is 17.7. The number of piperidine rings is 1. The minimum Gasteiger partial charge on any atom is -0.352 e. The second kappa shape index (κ2) is 9.61. The summed E-state index contributed by atoms with van der Waals surface area (Å²) in [6, 6.07) is 29.5. The van der Waals surface area contributed by atoms with Gasteiger partial charge in [-0.05, 0) is 42.5 Å². The van der Waals surface area contributed by atoms with Gasteiger partial charge in [-0.15, -0.1) is 0 Å². The molecule has 1 aliphatic heterocycles. The highest BCUT2D eigenvalue weighted by molar-refractivity contribution is 5.94. The molecule has 3 aromatic rings. The molecule has 0 bridgehead atoms. The zero-order chi connectivity index (χ0) is 21.5. The van der Waals surface area contributed by atoms with Crippen molar-refractivity contribution in [2.45, 2.75) is 25.8 Å². The highest BCUT2D eigenvalue weighted by Crippen LogP contribution is 2.36. The van der Waals surface area contributed by atoms with Gasteiger partial charge in [-0.1, -0.05) is 78.9 Å². The van der Waals surface area contributed by atoms with E-state index in [1.807, 2.05) is 83.8 Å². The maximum atomic E-state index is 13.4. The van der Waals surface area contributed by atoms with Crippen LogP contribution in [0.25, 0.3) is 0 Å². The molecule has 158 valence electrons. The van der Waals surface area contributed by atoms with Crippen molar-refractivity contribution in [3.05, 3.63) is 108 Å². The first-order valence-corrected chi connectivity index (χ1v) is 10.9. The molecule has 4 nitrogen and oxygen atoms in total. The Balaban J connectivity index is 1.48. The normalized spacial score (nSPS) is 15.3. The van der Waals surface area contributed by atoms with E-state index in [-0.39, 0.29) is 11.8 Å². The quantitative estimate of drug-likeness (QED) is 0.649. The molecule has 0 saturated carbocycles. The molecule has 0 radical (unpaired) electrons. The maximum absolute atomic E-state index is 13.4. The monoisotopic (exact) mass is 412 g/mol. The standard InChI is InChI=1S/C27H28N2O2/c30-25(24-14-8-3-9-15-24)29-18-16-27(17-19-29,20-22-10-4-1-5-11-22)26(31)28-21-23-12-6-2-7-13-23/h1-15H,16-21H2,(H,28,31). The first-order valence-electron chi connectivity index (χ1n) is 10.9. The second-order valence-corrected chi connectivity index (χ2v) is 8.27. The van der Waals surface area contributed by atoms with Gasteiger partial charge in [0.2, 0.25) is 5.91 Å². The van der Waals surface area contributed by atoms with E-state index in [0.29, 0.717) is 44.5 Å². The number of hydrogen-bond donors (Lipinski definition) is 1. The van der Waals surface area contributed by atoms with Crippen molar-refractivity contribution >= 4 is 11.8 Å². The van der Waals surface area contributed by atoms with Gasteiger partial charge in [0.05, 0.1) is 5.41 Å². The lowest BCUT2D eigenvalue weighted by Gasteiger charge is -2.41. The van der Waals surface area contributed by atoms with E-state index in [1.54, 1.807) is 0 Å². The van der Waals surface area contributed by atoms with Crippen LogP contribution < -0.4 is 5.32 Å². The minimum atomic E-state index is -0.510. The average molecular weight is 413 g/mol. The first-order chi connectivity index (χ1) is 15.2. The van der Waals surface area contributed by atoms with Gasteiger partial charge in [0.25, 0.3) is 5.91 Å². The number of carbonyl (C=O) groups excluding carboxylic acids is 2. The molecule has 0 aromatic heterocycles. The van der Waals surface area contributed by atoms with Crippen molar-refractivity contribution < 1.29 is 9.59 Å². The smallest absolute Gasteiger partial charge is 0.253 e. The Bertz CT molecular complexity index is 995. The summed E-state index contributed by atoms with van der Waals surface area (Å²) in [6.07, 6.45) is 1.99. The summed E-state index contributed by atoms with van der Waals surface area (Å²) in [7, 11) is 0. The van der Waals surface area contributed by atoms with Crippen molar-refractivity contribution in [2.75, 3.05) is 13.1 Å². The van der Waals surface area contributed by atoms with Crippen LogP contribution in [0, 0.1) is 5.41 Å². The molecule has 31 heavy (non-hydrogen) atoms. The summed E-state index contributed by atoms with van der Waals surface area (Å²) in [5, 5.41) is 3.16. The van der Waals surface area contributed by atoms with E-state index >= 15 is 0 Å². The fraction of sp³-hybridized carbons (Fsp3) is 0.259. The van der Waals surface area contributed by atoms with Crippen LogP contribution in [-0.4, -0.2) is 29.8 Å². The number of hydrogen-bond acceptors (Lipinski definition) is 2. The molecule has 0 spiro atoms. The number of nitrogens with one attached hydrogen (secondary N) is 1. The maximum Gasteiger partial charge on any atom is 0.253 e. The van der Waals surface area contributed by atoms with E-state index in [2.05, 4.69) is 17.4 Å². The summed E-state index contributed by atoms with van der Waals surface area (Å²) in [6.45, 7) is 1.68.